The smallest absolute Gasteiger partial charge is 0.309 e. The van der Waals surface area contributed by atoms with Crippen LogP contribution in [0.25, 0.3) is 0 Å². The van der Waals surface area contributed by atoms with Crippen LogP contribution in [0.3, 0.4) is 0 Å². The van der Waals surface area contributed by atoms with Gasteiger partial charge in [-0.25, -0.2) is 0 Å². The van der Waals surface area contributed by atoms with Crippen LogP contribution in [0.15, 0.2) is 42.5 Å². The van der Waals surface area contributed by atoms with E-state index in [-0.39, 0.29) is 18.4 Å². The SMILES string of the molecule is CC(OC(=O)C1CCN(c2ccccc2[N+](=O)[O-])CC1)C(=O)Nc1ccc2c(c1)OCO2. The zero-order chi connectivity index (χ0) is 22.7. The Balaban J connectivity index is 1.29. The van der Waals surface area contributed by atoms with Crippen molar-refractivity contribution in [1.82, 2.24) is 0 Å². The minimum Gasteiger partial charge on any atom is -0.454 e. The Morgan fingerprint density at radius 2 is 1.88 bits per heavy atom. The van der Waals surface area contributed by atoms with Crippen LogP contribution in [0.4, 0.5) is 17.1 Å². The fourth-order valence-electron chi connectivity index (χ4n) is 3.78. The first-order valence-electron chi connectivity index (χ1n) is 10.3. The van der Waals surface area contributed by atoms with E-state index in [0.29, 0.717) is 48.8 Å². The van der Waals surface area contributed by atoms with Crippen LogP contribution in [0.2, 0.25) is 0 Å². The fraction of sp³-hybridized carbons (Fsp3) is 0.364. The number of piperidine rings is 1. The molecule has 2 heterocycles. The van der Waals surface area contributed by atoms with Crippen LogP contribution in [-0.2, 0) is 14.3 Å². The fourth-order valence-corrected chi connectivity index (χ4v) is 3.78. The number of para-hydroxylation sites is 2. The number of carbonyl (C=O) groups excluding carboxylic acids is 2. The average Bonchev–Trinajstić information content (AvgIpc) is 3.27. The Labute approximate surface area is 184 Å². The van der Waals surface area contributed by atoms with E-state index >= 15 is 0 Å². The molecule has 0 bridgehead atoms. The molecule has 0 radical (unpaired) electrons. The first-order chi connectivity index (χ1) is 15.4. The molecule has 1 saturated heterocycles. The molecule has 1 unspecified atom stereocenters. The summed E-state index contributed by atoms with van der Waals surface area (Å²) in [5, 5.41) is 14.0. The molecule has 2 aliphatic heterocycles. The largest absolute Gasteiger partial charge is 0.454 e. The molecule has 32 heavy (non-hydrogen) atoms. The third kappa shape index (κ3) is 4.58. The molecule has 0 spiro atoms. The van der Waals surface area contributed by atoms with Crippen molar-refractivity contribution in [3.63, 3.8) is 0 Å². The van der Waals surface area contributed by atoms with Crippen molar-refractivity contribution in [3.05, 3.63) is 52.6 Å². The van der Waals surface area contributed by atoms with Crippen molar-refractivity contribution in [3.8, 4) is 11.5 Å². The lowest BCUT2D eigenvalue weighted by Gasteiger charge is -2.32. The third-order valence-electron chi connectivity index (χ3n) is 5.55. The van der Waals surface area contributed by atoms with Gasteiger partial charge in [-0.15, -0.1) is 0 Å². The quantitative estimate of drug-likeness (QED) is 0.412. The summed E-state index contributed by atoms with van der Waals surface area (Å²) in [6, 6.07) is 11.6. The van der Waals surface area contributed by atoms with Gasteiger partial charge in [0.05, 0.1) is 10.8 Å². The van der Waals surface area contributed by atoms with Gasteiger partial charge in [-0.1, -0.05) is 12.1 Å². The molecule has 2 aromatic carbocycles. The van der Waals surface area contributed by atoms with E-state index in [1.165, 1.54) is 13.0 Å². The van der Waals surface area contributed by atoms with Gasteiger partial charge in [-0.2, -0.15) is 0 Å². The molecular weight excluding hydrogens is 418 g/mol. The van der Waals surface area contributed by atoms with Gasteiger partial charge < -0.3 is 24.4 Å². The summed E-state index contributed by atoms with van der Waals surface area (Å²) in [5.74, 6) is -0.113. The molecule has 10 heteroatoms. The highest BCUT2D eigenvalue weighted by molar-refractivity contribution is 5.95. The minimum absolute atomic E-state index is 0.0438. The summed E-state index contributed by atoms with van der Waals surface area (Å²) in [6.45, 7) is 2.63. The predicted molar refractivity (Wildman–Crippen MR) is 115 cm³/mol. The maximum Gasteiger partial charge on any atom is 0.309 e. The van der Waals surface area contributed by atoms with Crippen molar-refractivity contribution in [1.29, 1.82) is 0 Å². The van der Waals surface area contributed by atoms with Gasteiger partial charge in [-0.3, -0.25) is 19.7 Å². The van der Waals surface area contributed by atoms with Crippen LogP contribution >= 0.6 is 0 Å². The predicted octanol–water partition coefficient (Wildman–Crippen LogP) is 3.11. The number of carbonyl (C=O) groups is 2. The zero-order valence-electron chi connectivity index (χ0n) is 17.5. The van der Waals surface area contributed by atoms with Crippen molar-refractivity contribution in [2.75, 3.05) is 30.1 Å². The second-order valence-corrected chi connectivity index (χ2v) is 7.64. The average molecular weight is 441 g/mol. The molecular formula is C22H23N3O7. The van der Waals surface area contributed by atoms with E-state index in [9.17, 15) is 19.7 Å². The van der Waals surface area contributed by atoms with Crippen LogP contribution in [0, 0.1) is 16.0 Å². The van der Waals surface area contributed by atoms with E-state index in [1.54, 1.807) is 36.4 Å². The van der Waals surface area contributed by atoms with Gasteiger partial charge in [0.1, 0.15) is 5.69 Å². The number of esters is 1. The Hall–Kier alpha value is -3.82. The molecule has 1 N–H and O–H groups in total. The number of nitro benzene ring substituents is 1. The number of nitrogens with zero attached hydrogens (tertiary/aromatic N) is 2. The minimum atomic E-state index is -0.971. The lowest BCUT2D eigenvalue weighted by Crippen LogP contribution is -2.39. The van der Waals surface area contributed by atoms with Crippen LogP contribution in [0.5, 0.6) is 11.5 Å². The number of anilines is 2. The van der Waals surface area contributed by atoms with Gasteiger partial charge in [0.2, 0.25) is 6.79 Å². The normalized spacial score (nSPS) is 16.3. The molecule has 168 valence electrons. The second kappa shape index (κ2) is 9.13. The summed E-state index contributed by atoms with van der Waals surface area (Å²) in [6.07, 6.45) is 0.00382. The van der Waals surface area contributed by atoms with E-state index in [2.05, 4.69) is 5.32 Å². The van der Waals surface area contributed by atoms with E-state index in [0.717, 1.165) is 0 Å². The van der Waals surface area contributed by atoms with Crippen molar-refractivity contribution in [2.45, 2.75) is 25.9 Å². The van der Waals surface area contributed by atoms with Gasteiger partial charge in [-0.05, 0) is 38.0 Å². The lowest BCUT2D eigenvalue weighted by atomic mass is 9.96. The molecule has 0 saturated carbocycles. The van der Waals surface area contributed by atoms with Gasteiger partial charge in [0.25, 0.3) is 11.6 Å². The van der Waals surface area contributed by atoms with Crippen LogP contribution in [-0.4, -0.2) is 42.8 Å². The van der Waals surface area contributed by atoms with Gasteiger partial charge >= 0.3 is 5.97 Å². The number of amides is 1. The van der Waals surface area contributed by atoms with Gasteiger partial charge in [0, 0.05) is 30.9 Å². The first-order valence-corrected chi connectivity index (χ1v) is 10.3. The van der Waals surface area contributed by atoms with Gasteiger partial charge in [0.15, 0.2) is 17.6 Å². The summed E-state index contributed by atoms with van der Waals surface area (Å²) in [4.78, 5) is 37.8. The monoisotopic (exact) mass is 441 g/mol. The van der Waals surface area contributed by atoms with E-state index in [1.807, 2.05) is 4.90 Å². The standard InChI is InChI=1S/C22H23N3O7/c1-14(21(26)23-16-6-7-19-20(12-16)31-13-30-19)32-22(27)15-8-10-24(11-9-15)17-4-2-3-5-18(17)25(28)29/h2-7,12,14-15H,8-11,13H2,1H3,(H,23,26). The number of nitrogens with one attached hydrogen (secondary N) is 1. The molecule has 0 aromatic heterocycles. The highest BCUT2D eigenvalue weighted by atomic mass is 16.7. The number of ether oxygens (including phenoxy) is 3. The lowest BCUT2D eigenvalue weighted by molar-refractivity contribution is -0.384. The Morgan fingerprint density at radius 1 is 1.16 bits per heavy atom. The van der Waals surface area contributed by atoms with Crippen molar-refractivity contribution >= 4 is 28.9 Å². The van der Waals surface area contributed by atoms with E-state index < -0.39 is 22.9 Å². The number of hydrogen-bond acceptors (Lipinski definition) is 8. The molecule has 1 fully saturated rings. The van der Waals surface area contributed by atoms with Crippen molar-refractivity contribution in [2.24, 2.45) is 5.92 Å². The number of fused-ring (bicyclic) bond motifs is 1. The molecule has 4 rings (SSSR count). The highest BCUT2D eigenvalue weighted by Crippen LogP contribution is 2.34. The molecule has 0 aliphatic carbocycles. The zero-order valence-corrected chi connectivity index (χ0v) is 17.5. The Kier molecular flexibility index (Phi) is 6.11. The maximum atomic E-state index is 12.6. The molecule has 10 nitrogen and oxygen atoms in total. The van der Waals surface area contributed by atoms with Crippen LogP contribution in [0.1, 0.15) is 19.8 Å². The third-order valence-corrected chi connectivity index (χ3v) is 5.55. The first kappa shape index (κ1) is 21.4. The number of rotatable bonds is 6. The summed E-state index contributed by atoms with van der Waals surface area (Å²) >= 11 is 0. The molecule has 2 aliphatic rings. The number of benzene rings is 2. The summed E-state index contributed by atoms with van der Waals surface area (Å²) in [5.41, 5.74) is 1.10. The van der Waals surface area contributed by atoms with Crippen LogP contribution < -0.4 is 19.7 Å². The Morgan fingerprint density at radius 3 is 2.62 bits per heavy atom. The number of hydrogen-bond donors (Lipinski definition) is 1. The maximum absolute atomic E-state index is 12.6. The van der Waals surface area contributed by atoms with Crippen molar-refractivity contribution < 1.29 is 28.7 Å². The molecule has 2 aromatic rings. The summed E-state index contributed by atoms with van der Waals surface area (Å²) < 4.78 is 15.9. The summed E-state index contributed by atoms with van der Waals surface area (Å²) in [7, 11) is 0. The molecule has 1 amide bonds. The second-order valence-electron chi connectivity index (χ2n) is 7.64. The number of nitro groups is 1. The topological polar surface area (TPSA) is 120 Å². The molecule has 1 atom stereocenters. The Bertz CT molecular complexity index is 1030. The highest BCUT2D eigenvalue weighted by Gasteiger charge is 2.31. The van der Waals surface area contributed by atoms with E-state index in [4.69, 9.17) is 14.2 Å².